The van der Waals surface area contributed by atoms with Gasteiger partial charge in [0.1, 0.15) is 6.04 Å². The maximum absolute atomic E-state index is 13.7. The van der Waals surface area contributed by atoms with E-state index >= 15 is 0 Å². The van der Waals surface area contributed by atoms with Gasteiger partial charge in [0, 0.05) is 29.0 Å². The highest BCUT2D eigenvalue weighted by molar-refractivity contribution is 9.10. The Kier molecular flexibility index (Phi) is 10.2. The Morgan fingerprint density at radius 3 is 2.38 bits per heavy atom. The average Bonchev–Trinajstić information content (AvgIpc) is 2.83. The summed E-state index contributed by atoms with van der Waals surface area (Å²) in [5, 5.41) is 3.59. The molecule has 0 fully saturated rings. The van der Waals surface area contributed by atoms with Gasteiger partial charge in [-0.2, -0.15) is 0 Å². The fraction of sp³-hybridized carbons (Fsp3) is 0.286. The lowest BCUT2D eigenvalue weighted by Gasteiger charge is -2.32. The molecule has 0 aliphatic heterocycles. The van der Waals surface area contributed by atoms with Crippen LogP contribution in [0.2, 0.25) is 5.02 Å². The molecule has 0 unspecified atom stereocenters. The van der Waals surface area contributed by atoms with Crippen molar-refractivity contribution < 1.29 is 9.59 Å². The quantitative estimate of drug-likeness (QED) is 0.294. The van der Waals surface area contributed by atoms with Crippen LogP contribution in [0, 0.1) is 0 Å². The van der Waals surface area contributed by atoms with Gasteiger partial charge in [0.05, 0.1) is 6.42 Å². The van der Waals surface area contributed by atoms with Crippen molar-refractivity contribution in [3.05, 3.63) is 105 Å². The molecule has 0 saturated heterocycles. The molecule has 0 heterocycles. The number of rotatable bonds is 11. The predicted molar refractivity (Wildman–Crippen MR) is 142 cm³/mol. The lowest BCUT2D eigenvalue weighted by molar-refractivity contribution is -0.140. The summed E-state index contributed by atoms with van der Waals surface area (Å²) in [6.07, 6.45) is 2.43. The Morgan fingerprint density at radius 1 is 0.971 bits per heavy atom. The first-order valence-corrected chi connectivity index (χ1v) is 12.7. The first-order valence-electron chi connectivity index (χ1n) is 11.6. The number of amides is 2. The molecule has 0 aliphatic rings. The molecule has 6 heteroatoms. The first-order chi connectivity index (χ1) is 16.5. The molecule has 1 atom stereocenters. The lowest BCUT2D eigenvalue weighted by atomic mass is 10.0. The topological polar surface area (TPSA) is 49.4 Å². The summed E-state index contributed by atoms with van der Waals surface area (Å²) < 4.78 is 0.926. The second-order valence-corrected chi connectivity index (χ2v) is 9.59. The molecule has 0 saturated carbocycles. The monoisotopic (exact) mass is 540 g/mol. The van der Waals surface area contributed by atoms with Gasteiger partial charge in [0.15, 0.2) is 0 Å². The Morgan fingerprint density at radius 2 is 1.68 bits per heavy atom. The SMILES string of the molecule is CCCCNC(=O)[C@H](Cc1ccccc1)N(Cc1cccc(Br)c1)C(=O)Cc1ccccc1Cl. The molecule has 178 valence electrons. The van der Waals surface area contributed by atoms with Crippen molar-refractivity contribution in [1.82, 2.24) is 10.2 Å². The molecule has 4 nitrogen and oxygen atoms in total. The summed E-state index contributed by atoms with van der Waals surface area (Å²) in [4.78, 5) is 28.8. The second kappa shape index (κ2) is 13.3. The number of benzene rings is 3. The van der Waals surface area contributed by atoms with Crippen molar-refractivity contribution in [3.8, 4) is 0 Å². The number of nitrogens with zero attached hydrogens (tertiary/aromatic N) is 1. The third kappa shape index (κ3) is 7.71. The summed E-state index contributed by atoms with van der Waals surface area (Å²) in [6.45, 7) is 2.99. The van der Waals surface area contributed by atoms with Crippen LogP contribution in [0.25, 0.3) is 0 Å². The summed E-state index contributed by atoms with van der Waals surface area (Å²) in [5.74, 6) is -0.278. The number of nitrogens with one attached hydrogen (secondary N) is 1. The highest BCUT2D eigenvalue weighted by atomic mass is 79.9. The summed E-state index contributed by atoms with van der Waals surface area (Å²) in [7, 11) is 0. The van der Waals surface area contributed by atoms with Crippen molar-refractivity contribution in [1.29, 1.82) is 0 Å². The van der Waals surface area contributed by atoms with Crippen molar-refractivity contribution >= 4 is 39.3 Å². The zero-order valence-electron chi connectivity index (χ0n) is 19.3. The van der Waals surface area contributed by atoms with E-state index in [9.17, 15) is 9.59 Å². The van der Waals surface area contributed by atoms with Crippen LogP contribution < -0.4 is 5.32 Å². The zero-order chi connectivity index (χ0) is 24.3. The molecular formula is C28H30BrClN2O2. The van der Waals surface area contributed by atoms with Crippen LogP contribution in [-0.4, -0.2) is 29.3 Å². The zero-order valence-corrected chi connectivity index (χ0v) is 21.7. The predicted octanol–water partition coefficient (Wildman–Crippen LogP) is 6.20. The molecule has 3 aromatic carbocycles. The van der Waals surface area contributed by atoms with E-state index in [1.54, 1.807) is 11.0 Å². The number of carbonyl (C=O) groups excluding carboxylic acids is 2. The van der Waals surface area contributed by atoms with E-state index in [1.807, 2.05) is 72.8 Å². The molecule has 2 amide bonds. The highest BCUT2D eigenvalue weighted by Gasteiger charge is 2.30. The molecule has 0 bridgehead atoms. The fourth-order valence-electron chi connectivity index (χ4n) is 3.80. The first kappa shape index (κ1) is 26.0. The van der Waals surface area contributed by atoms with E-state index in [-0.39, 0.29) is 18.2 Å². The van der Waals surface area contributed by atoms with Gasteiger partial charge in [-0.1, -0.05) is 102 Å². The molecule has 1 N–H and O–H groups in total. The number of hydrogen-bond acceptors (Lipinski definition) is 2. The van der Waals surface area contributed by atoms with Crippen LogP contribution in [-0.2, 0) is 29.0 Å². The molecule has 3 aromatic rings. The van der Waals surface area contributed by atoms with Gasteiger partial charge in [-0.05, 0) is 41.3 Å². The van der Waals surface area contributed by atoms with E-state index < -0.39 is 6.04 Å². The van der Waals surface area contributed by atoms with E-state index in [4.69, 9.17) is 11.6 Å². The van der Waals surface area contributed by atoms with Crippen LogP contribution >= 0.6 is 27.5 Å². The maximum atomic E-state index is 13.7. The lowest BCUT2D eigenvalue weighted by Crippen LogP contribution is -2.51. The third-order valence-electron chi connectivity index (χ3n) is 5.64. The van der Waals surface area contributed by atoms with Crippen LogP contribution in [0.1, 0.15) is 36.5 Å². The van der Waals surface area contributed by atoms with Gasteiger partial charge in [-0.3, -0.25) is 9.59 Å². The average molecular weight is 542 g/mol. The Balaban J connectivity index is 1.95. The van der Waals surface area contributed by atoms with E-state index in [2.05, 4.69) is 28.2 Å². The van der Waals surface area contributed by atoms with E-state index in [1.165, 1.54) is 0 Å². The Hall–Kier alpha value is -2.63. The molecule has 0 aliphatic carbocycles. The number of hydrogen-bond donors (Lipinski definition) is 1. The van der Waals surface area contributed by atoms with Crippen LogP contribution in [0.5, 0.6) is 0 Å². The molecule has 0 aromatic heterocycles. The summed E-state index contributed by atoms with van der Waals surface area (Å²) in [6, 6.07) is 24.3. The normalized spacial score (nSPS) is 11.6. The van der Waals surface area contributed by atoms with Crippen molar-refractivity contribution in [3.63, 3.8) is 0 Å². The van der Waals surface area contributed by atoms with Crippen LogP contribution in [0.3, 0.4) is 0 Å². The van der Waals surface area contributed by atoms with Gasteiger partial charge in [0.2, 0.25) is 11.8 Å². The third-order valence-corrected chi connectivity index (χ3v) is 6.50. The van der Waals surface area contributed by atoms with Gasteiger partial charge < -0.3 is 10.2 Å². The number of halogens is 2. The van der Waals surface area contributed by atoms with Crippen LogP contribution in [0.4, 0.5) is 0 Å². The number of carbonyl (C=O) groups is 2. The minimum atomic E-state index is -0.645. The van der Waals surface area contributed by atoms with Crippen molar-refractivity contribution in [2.45, 2.75) is 45.2 Å². The van der Waals surface area contributed by atoms with Gasteiger partial charge >= 0.3 is 0 Å². The minimum Gasteiger partial charge on any atom is -0.354 e. The van der Waals surface area contributed by atoms with Crippen LogP contribution in [0.15, 0.2) is 83.3 Å². The van der Waals surface area contributed by atoms with Crippen molar-refractivity contribution in [2.75, 3.05) is 6.54 Å². The maximum Gasteiger partial charge on any atom is 0.243 e. The standard InChI is InChI=1S/C28H30BrClN2O2/c1-2-3-16-31-28(34)26(18-21-10-5-4-6-11-21)32(20-22-12-9-14-24(29)17-22)27(33)19-23-13-7-8-15-25(23)30/h4-15,17,26H,2-3,16,18-20H2,1H3,(H,31,34)/t26-/m0/s1. The second-order valence-electron chi connectivity index (χ2n) is 8.27. The molecular weight excluding hydrogens is 512 g/mol. The number of unbranched alkanes of at least 4 members (excludes halogenated alkanes) is 1. The Bertz CT molecular complexity index is 1090. The van der Waals surface area contributed by atoms with Gasteiger partial charge in [-0.25, -0.2) is 0 Å². The van der Waals surface area contributed by atoms with E-state index in [0.29, 0.717) is 24.5 Å². The molecule has 0 spiro atoms. The molecule has 0 radical (unpaired) electrons. The van der Waals surface area contributed by atoms with Crippen molar-refractivity contribution in [2.24, 2.45) is 0 Å². The van der Waals surface area contributed by atoms with Gasteiger partial charge in [0.25, 0.3) is 0 Å². The Labute approximate surface area is 215 Å². The minimum absolute atomic E-state index is 0.126. The summed E-state index contributed by atoms with van der Waals surface area (Å²) in [5.41, 5.74) is 2.70. The van der Waals surface area contributed by atoms with Gasteiger partial charge in [-0.15, -0.1) is 0 Å². The molecule has 34 heavy (non-hydrogen) atoms. The van der Waals surface area contributed by atoms with E-state index in [0.717, 1.165) is 34.0 Å². The summed E-state index contributed by atoms with van der Waals surface area (Å²) >= 11 is 9.87. The largest absolute Gasteiger partial charge is 0.354 e. The smallest absolute Gasteiger partial charge is 0.243 e. The molecule has 3 rings (SSSR count). The fourth-order valence-corrected chi connectivity index (χ4v) is 4.45. The highest BCUT2D eigenvalue weighted by Crippen LogP contribution is 2.21.